The molecule has 2 rings (SSSR count). The van der Waals surface area contributed by atoms with Crippen LogP contribution in [0, 0.1) is 6.92 Å². The standard InChI is InChI=1S/C13H24N4O2/c1-4-6-17-12(11(14)10(2)16-17)15-8-13(18-3)5-7-19-9-13/h15H,4-9,14H2,1-3H3. The SMILES string of the molecule is CCCn1nc(C)c(N)c1NCC1(OC)CCOC1. The maximum absolute atomic E-state index is 6.09. The molecule has 0 radical (unpaired) electrons. The molecule has 0 spiro atoms. The fourth-order valence-electron chi connectivity index (χ4n) is 2.36. The molecule has 6 nitrogen and oxygen atoms in total. The summed E-state index contributed by atoms with van der Waals surface area (Å²) in [5, 5.41) is 7.84. The second kappa shape index (κ2) is 5.79. The fourth-order valence-corrected chi connectivity index (χ4v) is 2.36. The lowest BCUT2D eigenvalue weighted by atomic mass is 10.0. The van der Waals surface area contributed by atoms with Gasteiger partial charge in [-0.05, 0) is 13.3 Å². The van der Waals surface area contributed by atoms with E-state index in [1.165, 1.54) is 0 Å². The number of anilines is 2. The van der Waals surface area contributed by atoms with Gasteiger partial charge in [0.05, 0.1) is 18.0 Å². The van der Waals surface area contributed by atoms with Gasteiger partial charge >= 0.3 is 0 Å². The van der Waals surface area contributed by atoms with Crippen molar-refractivity contribution in [2.75, 3.05) is 37.9 Å². The van der Waals surface area contributed by atoms with Gasteiger partial charge in [-0.3, -0.25) is 0 Å². The molecule has 3 N–H and O–H groups in total. The van der Waals surface area contributed by atoms with Gasteiger partial charge in [-0.25, -0.2) is 4.68 Å². The predicted molar refractivity (Wildman–Crippen MR) is 75.3 cm³/mol. The molecule has 1 aliphatic rings. The zero-order valence-electron chi connectivity index (χ0n) is 12.0. The topological polar surface area (TPSA) is 74.3 Å². The minimum Gasteiger partial charge on any atom is -0.394 e. The Morgan fingerprint density at radius 2 is 2.37 bits per heavy atom. The number of methoxy groups -OCH3 is 1. The van der Waals surface area contributed by atoms with Crippen LogP contribution in [0.15, 0.2) is 0 Å². The van der Waals surface area contributed by atoms with Crippen molar-refractivity contribution in [3.8, 4) is 0 Å². The molecule has 1 unspecified atom stereocenters. The lowest BCUT2D eigenvalue weighted by molar-refractivity contribution is -0.00629. The Hall–Kier alpha value is -1.27. The molecule has 1 aromatic rings. The quantitative estimate of drug-likeness (QED) is 0.816. The Kier molecular flexibility index (Phi) is 4.31. The lowest BCUT2D eigenvalue weighted by Crippen LogP contribution is -2.40. The summed E-state index contributed by atoms with van der Waals surface area (Å²) in [5.41, 5.74) is 7.42. The molecule has 0 aliphatic carbocycles. The summed E-state index contributed by atoms with van der Waals surface area (Å²) in [6.07, 6.45) is 1.92. The minimum absolute atomic E-state index is 0.248. The molecule has 0 bridgehead atoms. The second-order valence-corrected chi connectivity index (χ2v) is 5.11. The summed E-state index contributed by atoms with van der Waals surface area (Å²) < 4.78 is 13.0. The largest absolute Gasteiger partial charge is 0.394 e. The molecule has 6 heteroatoms. The van der Waals surface area contributed by atoms with Crippen LogP contribution in [0.3, 0.4) is 0 Å². The predicted octanol–water partition coefficient (Wildman–Crippen LogP) is 1.40. The highest BCUT2D eigenvalue weighted by Gasteiger charge is 2.35. The van der Waals surface area contributed by atoms with Crippen molar-refractivity contribution in [1.29, 1.82) is 0 Å². The van der Waals surface area contributed by atoms with Crippen LogP contribution in [0.4, 0.5) is 11.5 Å². The summed E-state index contributed by atoms with van der Waals surface area (Å²) in [5.74, 6) is 0.891. The molecule has 0 aromatic carbocycles. The van der Waals surface area contributed by atoms with Crippen molar-refractivity contribution in [3.63, 3.8) is 0 Å². The zero-order valence-corrected chi connectivity index (χ0v) is 12.0. The smallest absolute Gasteiger partial charge is 0.148 e. The van der Waals surface area contributed by atoms with Gasteiger partial charge in [-0.15, -0.1) is 0 Å². The Bertz CT molecular complexity index is 425. The molecule has 19 heavy (non-hydrogen) atoms. The van der Waals surface area contributed by atoms with Crippen molar-refractivity contribution in [3.05, 3.63) is 5.69 Å². The minimum atomic E-state index is -0.248. The van der Waals surface area contributed by atoms with Crippen molar-refractivity contribution in [1.82, 2.24) is 9.78 Å². The molecule has 1 fully saturated rings. The summed E-state index contributed by atoms with van der Waals surface area (Å²) >= 11 is 0. The van der Waals surface area contributed by atoms with E-state index in [0.717, 1.165) is 43.2 Å². The molecule has 0 saturated carbocycles. The van der Waals surface area contributed by atoms with E-state index >= 15 is 0 Å². The number of ether oxygens (including phenoxy) is 2. The van der Waals surface area contributed by atoms with Crippen LogP contribution in [-0.2, 0) is 16.0 Å². The number of nitrogens with zero attached hydrogens (tertiary/aromatic N) is 2. The van der Waals surface area contributed by atoms with Crippen LogP contribution < -0.4 is 11.1 Å². The summed E-state index contributed by atoms with van der Waals surface area (Å²) in [6, 6.07) is 0. The van der Waals surface area contributed by atoms with E-state index in [9.17, 15) is 0 Å². The molecule has 108 valence electrons. The Morgan fingerprint density at radius 3 is 2.95 bits per heavy atom. The average Bonchev–Trinajstić information content (AvgIpc) is 2.97. The van der Waals surface area contributed by atoms with Gasteiger partial charge in [-0.1, -0.05) is 6.92 Å². The van der Waals surface area contributed by atoms with Gasteiger partial charge in [0.1, 0.15) is 11.4 Å². The van der Waals surface area contributed by atoms with Crippen LogP contribution >= 0.6 is 0 Å². The highest BCUT2D eigenvalue weighted by atomic mass is 16.5. The molecule has 0 amide bonds. The molecule has 1 aromatic heterocycles. The van der Waals surface area contributed by atoms with Gasteiger partial charge in [0.15, 0.2) is 0 Å². The van der Waals surface area contributed by atoms with Crippen LogP contribution in [-0.4, -0.2) is 42.2 Å². The molecule has 1 aliphatic heterocycles. The van der Waals surface area contributed by atoms with E-state index in [-0.39, 0.29) is 5.60 Å². The fraction of sp³-hybridized carbons (Fsp3) is 0.769. The zero-order chi connectivity index (χ0) is 13.9. The normalized spacial score (nSPS) is 22.9. The maximum atomic E-state index is 6.09. The number of nitrogens with one attached hydrogen (secondary N) is 1. The monoisotopic (exact) mass is 268 g/mol. The van der Waals surface area contributed by atoms with Crippen LogP contribution in [0.25, 0.3) is 0 Å². The van der Waals surface area contributed by atoms with Gasteiger partial charge in [0, 0.05) is 33.2 Å². The number of hydrogen-bond donors (Lipinski definition) is 2. The first kappa shape index (κ1) is 14.1. The third-order valence-corrected chi connectivity index (χ3v) is 3.69. The van der Waals surface area contributed by atoms with Crippen molar-refractivity contribution in [2.24, 2.45) is 0 Å². The van der Waals surface area contributed by atoms with Crippen molar-refractivity contribution >= 4 is 11.5 Å². The van der Waals surface area contributed by atoms with Crippen LogP contribution in [0.5, 0.6) is 0 Å². The van der Waals surface area contributed by atoms with Gasteiger partial charge in [0.2, 0.25) is 0 Å². The van der Waals surface area contributed by atoms with Gasteiger partial charge in [-0.2, -0.15) is 5.10 Å². The maximum Gasteiger partial charge on any atom is 0.148 e. The number of hydrogen-bond acceptors (Lipinski definition) is 5. The Morgan fingerprint density at radius 1 is 1.58 bits per heavy atom. The van der Waals surface area contributed by atoms with Crippen LogP contribution in [0.1, 0.15) is 25.5 Å². The summed E-state index contributed by atoms with van der Waals surface area (Å²) in [4.78, 5) is 0. The first-order chi connectivity index (χ1) is 9.12. The molecular formula is C13H24N4O2. The number of aryl methyl sites for hydroxylation is 2. The molecular weight excluding hydrogens is 244 g/mol. The number of rotatable bonds is 6. The Balaban J connectivity index is 2.10. The first-order valence-electron chi connectivity index (χ1n) is 6.81. The van der Waals surface area contributed by atoms with Crippen molar-refractivity contribution in [2.45, 2.75) is 38.8 Å². The summed E-state index contributed by atoms with van der Waals surface area (Å²) in [7, 11) is 1.73. The first-order valence-corrected chi connectivity index (χ1v) is 6.81. The van der Waals surface area contributed by atoms with E-state index in [4.69, 9.17) is 15.2 Å². The third kappa shape index (κ3) is 2.84. The van der Waals surface area contributed by atoms with Crippen molar-refractivity contribution < 1.29 is 9.47 Å². The average molecular weight is 268 g/mol. The lowest BCUT2D eigenvalue weighted by Gasteiger charge is -2.26. The number of nitrogen functional groups attached to an aromatic ring is 1. The van der Waals surface area contributed by atoms with E-state index in [0.29, 0.717) is 13.2 Å². The van der Waals surface area contributed by atoms with E-state index < -0.39 is 0 Å². The number of nitrogens with two attached hydrogens (primary N) is 1. The Labute approximate surface area is 114 Å². The number of aromatic nitrogens is 2. The van der Waals surface area contributed by atoms with Gasteiger partial charge < -0.3 is 20.5 Å². The molecule has 1 saturated heterocycles. The van der Waals surface area contributed by atoms with E-state index in [1.807, 2.05) is 11.6 Å². The van der Waals surface area contributed by atoms with Crippen LogP contribution in [0.2, 0.25) is 0 Å². The molecule has 2 heterocycles. The highest BCUT2D eigenvalue weighted by molar-refractivity contribution is 5.64. The van der Waals surface area contributed by atoms with E-state index in [2.05, 4.69) is 17.3 Å². The third-order valence-electron chi connectivity index (χ3n) is 3.69. The second-order valence-electron chi connectivity index (χ2n) is 5.11. The summed E-state index contributed by atoms with van der Waals surface area (Å²) in [6.45, 7) is 6.96. The molecule has 1 atom stereocenters. The van der Waals surface area contributed by atoms with Gasteiger partial charge in [0.25, 0.3) is 0 Å². The highest BCUT2D eigenvalue weighted by Crippen LogP contribution is 2.27. The van der Waals surface area contributed by atoms with E-state index in [1.54, 1.807) is 7.11 Å².